The van der Waals surface area contributed by atoms with Gasteiger partial charge in [-0.15, -0.1) is 0 Å². The van der Waals surface area contributed by atoms with Crippen molar-refractivity contribution in [2.24, 2.45) is 0 Å². The fourth-order valence-electron chi connectivity index (χ4n) is 1.81. The highest BCUT2D eigenvalue weighted by Crippen LogP contribution is 2.14. The van der Waals surface area contributed by atoms with Crippen molar-refractivity contribution < 1.29 is 19.1 Å². The molecule has 2 aromatic rings. The highest BCUT2D eigenvalue weighted by Gasteiger charge is 2.19. The predicted octanol–water partition coefficient (Wildman–Crippen LogP) is 3.32. The number of rotatable bonds is 6. The second-order valence-corrected chi connectivity index (χ2v) is 5.29. The number of carbonyl (C=O) groups is 2. The number of halogens is 1. The molecule has 1 amide bonds. The molecule has 1 aromatic heterocycles. The van der Waals surface area contributed by atoms with Gasteiger partial charge in [-0.1, -0.05) is 11.6 Å². The average Bonchev–Trinajstić information content (AvgIpc) is 2.57. The highest BCUT2D eigenvalue weighted by atomic mass is 35.5. The summed E-state index contributed by atoms with van der Waals surface area (Å²) in [5, 5.41) is 3.01. The molecule has 7 heteroatoms. The molecule has 126 valence electrons. The largest absolute Gasteiger partial charge is 0.494 e. The molecule has 1 unspecified atom stereocenters. The lowest BCUT2D eigenvalue weighted by molar-refractivity contribution is -0.123. The Morgan fingerprint density at radius 1 is 1.21 bits per heavy atom. The number of nitrogens with zero attached hydrogens (tertiary/aromatic N) is 1. The lowest BCUT2D eigenvalue weighted by Crippen LogP contribution is -2.30. The number of esters is 1. The maximum Gasteiger partial charge on any atom is 0.338 e. The lowest BCUT2D eigenvalue weighted by atomic mass is 10.2. The number of nitrogens with one attached hydrogen (secondary N) is 1. The summed E-state index contributed by atoms with van der Waals surface area (Å²) in [6.07, 6.45) is 0.440. The lowest BCUT2D eigenvalue weighted by Gasteiger charge is -2.13. The molecule has 0 bridgehead atoms. The number of carbonyl (C=O) groups excluding carboxylic acids is 2. The fourth-order valence-corrected chi connectivity index (χ4v) is 1.93. The van der Waals surface area contributed by atoms with Crippen LogP contribution in [0.5, 0.6) is 5.75 Å². The molecule has 1 atom stereocenters. The Labute approximate surface area is 144 Å². The summed E-state index contributed by atoms with van der Waals surface area (Å²) in [5.41, 5.74) is 0.336. The van der Waals surface area contributed by atoms with Crippen LogP contribution >= 0.6 is 11.6 Å². The van der Waals surface area contributed by atoms with E-state index in [0.717, 1.165) is 0 Å². The van der Waals surface area contributed by atoms with Crippen LogP contribution in [-0.2, 0) is 9.53 Å². The maximum atomic E-state index is 12.0. The van der Waals surface area contributed by atoms with E-state index in [-0.39, 0.29) is 0 Å². The molecular weight excluding hydrogens is 332 g/mol. The predicted molar refractivity (Wildman–Crippen MR) is 90.4 cm³/mol. The number of ether oxygens (including phenoxy) is 2. The van der Waals surface area contributed by atoms with Crippen molar-refractivity contribution in [3.05, 3.63) is 53.2 Å². The maximum absolute atomic E-state index is 12.0. The smallest absolute Gasteiger partial charge is 0.338 e. The van der Waals surface area contributed by atoms with Gasteiger partial charge < -0.3 is 14.8 Å². The van der Waals surface area contributed by atoms with Crippen molar-refractivity contribution in [1.82, 2.24) is 4.98 Å². The molecule has 0 fully saturated rings. The molecule has 1 heterocycles. The van der Waals surface area contributed by atoms with Crippen LogP contribution in [0.15, 0.2) is 42.6 Å². The summed E-state index contributed by atoms with van der Waals surface area (Å²) in [7, 11) is 0. The molecule has 0 saturated carbocycles. The van der Waals surface area contributed by atoms with Gasteiger partial charge in [-0.05, 0) is 50.2 Å². The molecule has 0 aliphatic carbocycles. The van der Waals surface area contributed by atoms with Gasteiger partial charge in [0.15, 0.2) is 6.10 Å². The number of hydrogen-bond acceptors (Lipinski definition) is 5. The monoisotopic (exact) mass is 348 g/mol. The number of aromatic nitrogens is 1. The third-order valence-corrected chi connectivity index (χ3v) is 3.26. The molecule has 0 aliphatic heterocycles. The summed E-state index contributed by atoms with van der Waals surface area (Å²) in [5.74, 6) is -0.0871. The standard InChI is InChI=1S/C17H17ClN2O4/c1-3-23-14-7-4-12(5-8-14)17(22)24-11(2)16(21)20-15-9-6-13(18)10-19-15/h4-11H,3H2,1-2H3,(H,19,20,21). The van der Waals surface area contributed by atoms with Gasteiger partial charge in [0.1, 0.15) is 11.6 Å². The number of amides is 1. The van der Waals surface area contributed by atoms with E-state index in [4.69, 9.17) is 21.1 Å². The Kier molecular flexibility index (Phi) is 6.14. The Bertz CT molecular complexity index is 702. The van der Waals surface area contributed by atoms with Crippen molar-refractivity contribution in [3.63, 3.8) is 0 Å². The number of hydrogen-bond donors (Lipinski definition) is 1. The van der Waals surface area contributed by atoms with Crippen LogP contribution in [0, 0.1) is 0 Å². The van der Waals surface area contributed by atoms with Crippen molar-refractivity contribution in [2.45, 2.75) is 20.0 Å². The van der Waals surface area contributed by atoms with Crippen LogP contribution in [0.2, 0.25) is 5.02 Å². The van der Waals surface area contributed by atoms with Crippen molar-refractivity contribution in [2.75, 3.05) is 11.9 Å². The van der Waals surface area contributed by atoms with E-state index >= 15 is 0 Å². The number of anilines is 1. The average molecular weight is 349 g/mol. The topological polar surface area (TPSA) is 77.5 Å². The minimum Gasteiger partial charge on any atom is -0.494 e. The summed E-state index contributed by atoms with van der Waals surface area (Å²) in [4.78, 5) is 28.0. The summed E-state index contributed by atoms with van der Waals surface area (Å²) < 4.78 is 10.5. The Hall–Kier alpha value is -2.60. The number of benzene rings is 1. The first-order chi connectivity index (χ1) is 11.5. The number of pyridine rings is 1. The van der Waals surface area contributed by atoms with E-state index in [0.29, 0.717) is 28.8 Å². The first kappa shape index (κ1) is 17.7. The van der Waals surface area contributed by atoms with Crippen molar-refractivity contribution in [1.29, 1.82) is 0 Å². The van der Waals surface area contributed by atoms with Crippen molar-refractivity contribution in [3.8, 4) is 5.75 Å². The van der Waals surface area contributed by atoms with Gasteiger partial charge in [-0.2, -0.15) is 0 Å². The molecule has 0 saturated heterocycles. The summed E-state index contributed by atoms with van der Waals surface area (Å²) in [6, 6.07) is 9.66. The zero-order chi connectivity index (χ0) is 17.5. The second-order valence-electron chi connectivity index (χ2n) is 4.86. The van der Waals surface area contributed by atoms with Gasteiger partial charge in [0.25, 0.3) is 5.91 Å². The van der Waals surface area contributed by atoms with Gasteiger partial charge in [0.2, 0.25) is 0 Å². The van der Waals surface area contributed by atoms with E-state index in [9.17, 15) is 9.59 Å². The van der Waals surface area contributed by atoms with Gasteiger partial charge in [0, 0.05) is 6.20 Å². The van der Waals surface area contributed by atoms with Crippen molar-refractivity contribution >= 4 is 29.3 Å². The van der Waals surface area contributed by atoms with E-state index < -0.39 is 18.0 Å². The van der Waals surface area contributed by atoms with Crippen LogP contribution in [0.1, 0.15) is 24.2 Å². The molecule has 2 rings (SSSR count). The molecule has 24 heavy (non-hydrogen) atoms. The second kappa shape index (κ2) is 8.31. The molecule has 0 spiro atoms. The molecule has 0 aliphatic rings. The Morgan fingerprint density at radius 3 is 2.50 bits per heavy atom. The Morgan fingerprint density at radius 2 is 1.92 bits per heavy atom. The zero-order valence-corrected chi connectivity index (χ0v) is 14.0. The van der Waals surface area contributed by atoms with E-state index in [1.807, 2.05) is 6.92 Å². The first-order valence-electron chi connectivity index (χ1n) is 7.36. The fraction of sp³-hybridized carbons (Fsp3) is 0.235. The third kappa shape index (κ3) is 4.96. The van der Waals surface area contributed by atoms with Crippen LogP contribution in [-0.4, -0.2) is 29.6 Å². The zero-order valence-electron chi connectivity index (χ0n) is 13.3. The highest BCUT2D eigenvalue weighted by molar-refractivity contribution is 6.30. The SMILES string of the molecule is CCOc1ccc(C(=O)OC(C)C(=O)Nc2ccc(Cl)cn2)cc1. The third-order valence-electron chi connectivity index (χ3n) is 3.03. The van der Waals surface area contributed by atoms with Crippen LogP contribution in [0.25, 0.3) is 0 Å². The van der Waals surface area contributed by atoms with Crippen LogP contribution < -0.4 is 10.1 Å². The minimum absolute atomic E-state index is 0.327. The quantitative estimate of drug-likeness (QED) is 0.810. The van der Waals surface area contributed by atoms with Crippen LogP contribution in [0.3, 0.4) is 0 Å². The normalized spacial score (nSPS) is 11.5. The summed E-state index contributed by atoms with van der Waals surface area (Å²) in [6.45, 7) is 3.90. The van der Waals surface area contributed by atoms with E-state index in [1.54, 1.807) is 36.4 Å². The van der Waals surface area contributed by atoms with Gasteiger partial charge in [0.05, 0.1) is 17.2 Å². The molecule has 1 aromatic carbocycles. The van der Waals surface area contributed by atoms with E-state index in [2.05, 4.69) is 10.3 Å². The van der Waals surface area contributed by atoms with E-state index in [1.165, 1.54) is 13.1 Å². The Balaban J connectivity index is 1.92. The van der Waals surface area contributed by atoms with Gasteiger partial charge >= 0.3 is 5.97 Å². The van der Waals surface area contributed by atoms with Gasteiger partial charge in [-0.25, -0.2) is 9.78 Å². The first-order valence-corrected chi connectivity index (χ1v) is 7.73. The molecular formula is C17H17ClN2O4. The molecule has 1 N–H and O–H groups in total. The van der Waals surface area contributed by atoms with Crippen LogP contribution in [0.4, 0.5) is 5.82 Å². The minimum atomic E-state index is -0.971. The molecule has 0 radical (unpaired) electrons. The van der Waals surface area contributed by atoms with Gasteiger partial charge in [-0.3, -0.25) is 4.79 Å². The molecule has 6 nitrogen and oxygen atoms in total. The summed E-state index contributed by atoms with van der Waals surface area (Å²) >= 11 is 5.72.